The van der Waals surface area contributed by atoms with Crippen molar-refractivity contribution in [1.82, 2.24) is 15.1 Å². The first-order valence-corrected chi connectivity index (χ1v) is 13.7. The first kappa shape index (κ1) is 28.5. The Labute approximate surface area is 218 Å². The van der Waals surface area contributed by atoms with E-state index < -0.39 is 13.5 Å². The van der Waals surface area contributed by atoms with Crippen molar-refractivity contribution >= 4 is 41.4 Å². The average Bonchev–Trinajstić information content (AvgIpc) is 2.84. The van der Waals surface area contributed by atoms with Gasteiger partial charge in [0.2, 0.25) is 0 Å². The number of nitrogens with zero attached hydrogens (tertiary/aromatic N) is 2. The number of fused-ring (bicyclic) bond motifs is 2. The molecule has 2 unspecified atom stereocenters. The number of aromatic nitrogens is 1. The standard InChI is InChI=1S/C26H36ClN3O5P/c1-17(2)30(18(3)4)36(32)26(31,34-6)13-7-8-14-28-35-25-21-15-19-9-10-20(27)16-23(19)29-22(21)11-12-24(25)33-5/h9-12,15-18,28,31H,7-8,13-14H2,1-6H3/q+1. The molecule has 2 N–H and O–H groups in total. The van der Waals surface area contributed by atoms with E-state index in [0.717, 1.165) is 21.8 Å². The second-order valence-electron chi connectivity index (χ2n) is 9.23. The van der Waals surface area contributed by atoms with Gasteiger partial charge in [-0.25, -0.2) is 4.98 Å². The van der Waals surface area contributed by atoms with Crippen LogP contribution in [0.2, 0.25) is 5.02 Å². The van der Waals surface area contributed by atoms with Crippen molar-refractivity contribution in [2.45, 2.75) is 64.6 Å². The molecule has 0 radical (unpaired) electrons. The van der Waals surface area contributed by atoms with Crippen LogP contribution in [0.5, 0.6) is 11.5 Å². The van der Waals surface area contributed by atoms with Crippen LogP contribution < -0.4 is 15.1 Å². The molecule has 0 aliphatic heterocycles. The van der Waals surface area contributed by atoms with Crippen molar-refractivity contribution in [3.8, 4) is 11.5 Å². The van der Waals surface area contributed by atoms with Crippen LogP contribution in [0.25, 0.3) is 21.8 Å². The summed E-state index contributed by atoms with van der Waals surface area (Å²) in [5, 5.41) is 13.3. The number of hydroxylamine groups is 1. The van der Waals surface area contributed by atoms with Crippen molar-refractivity contribution in [3.63, 3.8) is 0 Å². The maximum Gasteiger partial charge on any atom is 0.502 e. The minimum Gasteiger partial charge on any atom is -0.493 e. The zero-order chi connectivity index (χ0) is 26.5. The van der Waals surface area contributed by atoms with Crippen molar-refractivity contribution in [2.24, 2.45) is 0 Å². The van der Waals surface area contributed by atoms with Crippen LogP contribution in [0.15, 0.2) is 36.4 Å². The van der Waals surface area contributed by atoms with E-state index in [1.54, 1.807) is 11.8 Å². The fraction of sp³-hybridized carbons (Fsp3) is 0.500. The maximum absolute atomic E-state index is 13.1. The molecule has 196 valence electrons. The van der Waals surface area contributed by atoms with Gasteiger partial charge in [0.05, 0.1) is 24.6 Å². The lowest BCUT2D eigenvalue weighted by Gasteiger charge is -2.25. The molecule has 10 heteroatoms. The molecule has 1 aromatic heterocycles. The van der Waals surface area contributed by atoms with Crippen LogP contribution >= 0.6 is 19.6 Å². The lowest BCUT2D eigenvalue weighted by molar-refractivity contribution is -0.125. The highest BCUT2D eigenvalue weighted by molar-refractivity contribution is 7.43. The van der Waals surface area contributed by atoms with Gasteiger partial charge in [-0.2, -0.15) is 5.48 Å². The van der Waals surface area contributed by atoms with E-state index in [0.29, 0.717) is 35.9 Å². The molecule has 0 fully saturated rings. The first-order chi connectivity index (χ1) is 17.1. The summed E-state index contributed by atoms with van der Waals surface area (Å²) in [5.41, 5.74) is 2.84. The summed E-state index contributed by atoms with van der Waals surface area (Å²) in [5.74, 6) is 1.12. The minimum absolute atomic E-state index is 0.0182. The number of unbranched alkanes of at least 4 members (excludes halogenated alkanes) is 1. The van der Waals surface area contributed by atoms with E-state index in [1.165, 1.54) is 7.11 Å². The SMILES string of the molecule is COc1ccc2nc3cc(Cl)ccc3cc2c1ONCCCCC(O)(OC)[P+](=O)N(C(C)C)C(C)C. The van der Waals surface area contributed by atoms with Crippen molar-refractivity contribution in [3.05, 3.63) is 41.4 Å². The minimum atomic E-state index is -2.14. The smallest absolute Gasteiger partial charge is 0.493 e. The number of aliphatic hydroxyl groups is 1. The first-order valence-electron chi connectivity index (χ1n) is 12.1. The molecule has 0 spiro atoms. The summed E-state index contributed by atoms with van der Waals surface area (Å²) in [6.07, 6.45) is 1.50. The maximum atomic E-state index is 13.1. The van der Waals surface area contributed by atoms with Crippen LogP contribution in [0.3, 0.4) is 0 Å². The Bertz CT molecular complexity index is 1200. The van der Waals surface area contributed by atoms with Crippen molar-refractivity contribution in [2.75, 3.05) is 20.8 Å². The summed E-state index contributed by atoms with van der Waals surface area (Å²) in [6.45, 7) is 8.34. The highest BCUT2D eigenvalue weighted by Crippen LogP contribution is 2.46. The van der Waals surface area contributed by atoms with Gasteiger partial charge in [0, 0.05) is 41.5 Å². The van der Waals surface area contributed by atoms with Crippen LogP contribution in [0.4, 0.5) is 0 Å². The molecule has 2 atom stereocenters. The summed E-state index contributed by atoms with van der Waals surface area (Å²) in [6, 6.07) is 11.3. The highest BCUT2D eigenvalue weighted by Gasteiger charge is 2.54. The number of pyridine rings is 1. The number of nitrogens with one attached hydrogen (secondary N) is 1. The Morgan fingerprint density at radius 3 is 2.44 bits per heavy atom. The van der Waals surface area contributed by atoms with Crippen LogP contribution in [0, 0.1) is 0 Å². The summed E-state index contributed by atoms with van der Waals surface area (Å²) in [4.78, 5) is 10.6. The lowest BCUT2D eigenvalue weighted by atomic mass is 10.1. The molecule has 0 amide bonds. The normalized spacial score (nSPS) is 14.1. The topological polar surface area (TPSA) is 93.1 Å². The zero-order valence-corrected chi connectivity index (χ0v) is 23.4. The Morgan fingerprint density at radius 2 is 1.81 bits per heavy atom. The Balaban J connectivity index is 1.64. The average molecular weight is 537 g/mol. The highest BCUT2D eigenvalue weighted by atomic mass is 35.5. The molecule has 36 heavy (non-hydrogen) atoms. The number of halogens is 1. The summed E-state index contributed by atoms with van der Waals surface area (Å²) >= 11 is 6.12. The molecule has 1 heterocycles. The monoisotopic (exact) mass is 536 g/mol. The molecule has 8 nitrogen and oxygen atoms in total. The molecule has 0 aliphatic rings. The fourth-order valence-corrected chi connectivity index (χ4v) is 6.11. The molecule has 0 bridgehead atoms. The number of methoxy groups -OCH3 is 2. The van der Waals surface area contributed by atoms with E-state index in [2.05, 4.69) is 5.48 Å². The number of rotatable bonds is 13. The Kier molecular flexibility index (Phi) is 9.86. The van der Waals surface area contributed by atoms with Crippen LogP contribution in [0.1, 0.15) is 47.0 Å². The molecular formula is C26H36ClN3O5P+. The fourth-order valence-electron chi connectivity index (χ4n) is 4.24. The molecule has 0 saturated carbocycles. The number of ether oxygens (including phenoxy) is 2. The third-order valence-corrected chi connectivity index (χ3v) is 8.57. The van der Waals surface area contributed by atoms with E-state index >= 15 is 0 Å². The molecular weight excluding hydrogens is 501 g/mol. The number of hydrogen-bond donors (Lipinski definition) is 2. The molecule has 0 aliphatic carbocycles. The van der Waals surface area contributed by atoms with Gasteiger partial charge in [0.15, 0.2) is 11.5 Å². The van der Waals surface area contributed by atoms with Gasteiger partial charge in [-0.15, -0.1) is 0 Å². The Morgan fingerprint density at radius 1 is 1.08 bits per heavy atom. The third-order valence-electron chi connectivity index (χ3n) is 5.99. The van der Waals surface area contributed by atoms with E-state index in [1.807, 2.05) is 64.1 Å². The predicted octanol–water partition coefficient (Wildman–Crippen LogP) is 6.26. The lowest BCUT2D eigenvalue weighted by Crippen LogP contribution is -2.39. The van der Waals surface area contributed by atoms with Gasteiger partial charge in [0.1, 0.15) is 0 Å². The van der Waals surface area contributed by atoms with Gasteiger partial charge in [-0.05, 0) is 75.4 Å². The second kappa shape index (κ2) is 12.5. The van der Waals surface area contributed by atoms with Gasteiger partial charge in [0.25, 0.3) is 0 Å². The van der Waals surface area contributed by atoms with Gasteiger partial charge < -0.3 is 19.4 Å². The van der Waals surface area contributed by atoms with Crippen LogP contribution in [-0.2, 0) is 9.30 Å². The number of hydrogen-bond acceptors (Lipinski definition) is 7. The van der Waals surface area contributed by atoms with Gasteiger partial charge >= 0.3 is 13.5 Å². The van der Waals surface area contributed by atoms with E-state index in [-0.39, 0.29) is 18.5 Å². The molecule has 2 aromatic carbocycles. The zero-order valence-electron chi connectivity index (χ0n) is 21.7. The molecule has 0 saturated heterocycles. The quantitative estimate of drug-likeness (QED) is 0.0869. The third kappa shape index (κ3) is 6.43. The van der Waals surface area contributed by atoms with E-state index in [4.69, 9.17) is 30.9 Å². The van der Waals surface area contributed by atoms with Crippen molar-refractivity contribution in [1.29, 1.82) is 0 Å². The van der Waals surface area contributed by atoms with Crippen molar-refractivity contribution < 1.29 is 24.0 Å². The van der Waals surface area contributed by atoms with Gasteiger partial charge in [-0.1, -0.05) is 22.3 Å². The number of benzene rings is 2. The van der Waals surface area contributed by atoms with Crippen LogP contribution in [-0.4, -0.2) is 53.1 Å². The van der Waals surface area contributed by atoms with E-state index in [9.17, 15) is 9.67 Å². The Hall–Kier alpha value is -2.06. The predicted molar refractivity (Wildman–Crippen MR) is 145 cm³/mol. The summed E-state index contributed by atoms with van der Waals surface area (Å²) in [7, 11) is 0.845. The summed E-state index contributed by atoms with van der Waals surface area (Å²) < 4.78 is 25.7. The molecule has 3 rings (SSSR count). The van der Waals surface area contributed by atoms with Gasteiger partial charge in [-0.3, -0.25) is 0 Å². The largest absolute Gasteiger partial charge is 0.502 e. The molecule has 3 aromatic rings. The second-order valence-corrected chi connectivity index (χ2v) is 11.4.